The second-order valence-corrected chi connectivity index (χ2v) is 6.95. The van der Waals surface area contributed by atoms with Crippen LogP contribution in [0.3, 0.4) is 0 Å². The van der Waals surface area contributed by atoms with Crippen molar-refractivity contribution in [2.24, 2.45) is 0 Å². The molecule has 0 N–H and O–H groups in total. The Bertz CT molecular complexity index is 886. The third-order valence-electron chi connectivity index (χ3n) is 4.33. The van der Waals surface area contributed by atoms with Crippen LogP contribution in [-0.4, -0.2) is 36.8 Å². The number of amides is 2. The molecule has 2 amide bonds. The van der Waals surface area contributed by atoms with Crippen molar-refractivity contribution >= 4 is 39.8 Å². The topological polar surface area (TPSA) is 55.8 Å². The molecule has 2 aromatic rings. The number of benzene rings is 2. The molecular formula is C20H21NO4S. The summed E-state index contributed by atoms with van der Waals surface area (Å²) in [4.78, 5) is 26.6. The Labute approximate surface area is 157 Å². The number of fused-ring (bicyclic) bond motifs is 1. The maximum Gasteiger partial charge on any atom is 0.293 e. The standard InChI is InChI=1S/C20H21NO4S/c1-4-5-10-21-19(22)18(26-20(21)23)12-16-15-11-14(24-2)8-6-13(15)7-9-17(16)25-3/h6-9,11-12H,4-5,10H2,1-3H3/b18-12-. The van der Waals surface area contributed by atoms with Crippen LogP contribution < -0.4 is 9.47 Å². The van der Waals surface area contributed by atoms with Gasteiger partial charge in [-0.3, -0.25) is 14.5 Å². The average molecular weight is 371 g/mol. The van der Waals surface area contributed by atoms with Crippen molar-refractivity contribution in [2.75, 3.05) is 20.8 Å². The van der Waals surface area contributed by atoms with Gasteiger partial charge in [0.05, 0.1) is 19.1 Å². The zero-order valence-electron chi connectivity index (χ0n) is 15.1. The molecule has 6 heteroatoms. The van der Waals surface area contributed by atoms with Gasteiger partial charge in [0.1, 0.15) is 11.5 Å². The van der Waals surface area contributed by atoms with E-state index in [1.54, 1.807) is 20.3 Å². The van der Waals surface area contributed by atoms with Gasteiger partial charge in [-0.2, -0.15) is 0 Å². The van der Waals surface area contributed by atoms with Gasteiger partial charge in [0, 0.05) is 12.1 Å². The third-order valence-corrected chi connectivity index (χ3v) is 5.24. The summed E-state index contributed by atoms with van der Waals surface area (Å²) >= 11 is 0.976. The number of nitrogens with zero attached hydrogens (tertiary/aromatic N) is 1. The van der Waals surface area contributed by atoms with E-state index in [0.717, 1.165) is 46.7 Å². The van der Waals surface area contributed by atoms with Crippen molar-refractivity contribution in [1.29, 1.82) is 0 Å². The number of thioether (sulfide) groups is 1. The van der Waals surface area contributed by atoms with Crippen LogP contribution in [0, 0.1) is 0 Å². The fourth-order valence-corrected chi connectivity index (χ4v) is 3.74. The fourth-order valence-electron chi connectivity index (χ4n) is 2.90. The van der Waals surface area contributed by atoms with Crippen molar-refractivity contribution in [1.82, 2.24) is 4.90 Å². The first-order chi connectivity index (χ1) is 12.6. The van der Waals surface area contributed by atoms with Gasteiger partial charge < -0.3 is 9.47 Å². The van der Waals surface area contributed by atoms with E-state index in [-0.39, 0.29) is 11.1 Å². The molecule has 0 aromatic heterocycles. The molecule has 1 saturated heterocycles. The maximum atomic E-state index is 12.6. The van der Waals surface area contributed by atoms with E-state index >= 15 is 0 Å². The molecule has 0 aliphatic carbocycles. The quantitative estimate of drug-likeness (QED) is 0.689. The molecule has 2 aromatic carbocycles. The molecule has 0 unspecified atom stereocenters. The highest BCUT2D eigenvalue weighted by Gasteiger charge is 2.34. The number of hydrogen-bond donors (Lipinski definition) is 0. The van der Waals surface area contributed by atoms with Crippen molar-refractivity contribution in [2.45, 2.75) is 19.8 Å². The molecule has 1 aliphatic heterocycles. The van der Waals surface area contributed by atoms with Crippen molar-refractivity contribution in [3.05, 3.63) is 40.8 Å². The first-order valence-electron chi connectivity index (χ1n) is 8.49. The van der Waals surface area contributed by atoms with Gasteiger partial charge in [-0.25, -0.2) is 0 Å². The molecule has 0 radical (unpaired) electrons. The maximum absolute atomic E-state index is 12.6. The lowest BCUT2D eigenvalue weighted by Crippen LogP contribution is -2.29. The number of carbonyl (C=O) groups excluding carboxylic acids is 2. The fraction of sp³-hybridized carbons (Fsp3) is 0.300. The number of hydrogen-bond acceptors (Lipinski definition) is 5. The van der Waals surface area contributed by atoms with E-state index in [0.29, 0.717) is 17.2 Å². The average Bonchev–Trinajstić information content (AvgIpc) is 2.93. The highest BCUT2D eigenvalue weighted by Crippen LogP contribution is 2.37. The van der Waals surface area contributed by atoms with Gasteiger partial charge in [-0.15, -0.1) is 0 Å². The van der Waals surface area contributed by atoms with Crippen LogP contribution in [0.25, 0.3) is 16.8 Å². The summed E-state index contributed by atoms with van der Waals surface area (Å²) in [5.41, 5.74) is 0.768. The minimum atomic E-state index is -0.240. The molecule has 1 aliphatic rings. The van der Waals surface area contributed by atoms with E-state index in [4.69, 9.17) is 9.47 Å². The van der Waals surface area contributed by atoms with E-state index in [1.165, 1.54) is 4.90 Å². The second kappa shape index (κ2) is 7.83. The smallest absolute Gasteiger partial charge is 0.293 e. The number of methoxy groups -OCH3 is 2. The molecular weight excluding hydrogens is 350 g/mol. The summed E-state index contributed by atoms with van der Waals surface area (Å²) in [6.07, 6.45) is 3.48. The first kappa shape index (κ1) is 18.3. The first-order valence-corrected chi connectivity index (χ1v) is 9.30. The Morgan fingerprint density at radius 2 is 1.88 bits per heavy atom. The Morgan fingerprint density at radius 1 is 1.12 bits per heavy atom. The van der Waals surface area contributed by atoms with Crippen molar-refractivity contribution in [3.8, 4) is 11.5 Å². The van der Waals surface area contributed by atoms with Crippen molar-refractivity contribution < 1.29 is 19.1 Å². The monoisotopic (exact) mass is 371 g/mol. The summed E-state index contributed by atoms with van der Waals surface area (Å²) in [6.45, 7) is 2.49. The lowest BCUT2D eigenvalue weighted by Gasteiger charge is -2.12. The largest absolute Gasteiger partial charge is 0.497 e. The summed E-state index contributed by atoms with van der Waals surface area (Å²) in [6, 6.07) is 9.57. The molecule has 0 spiro atoms. The second-order valence-electron chi connectivity index (χ2n) is 5.96. The highest BCUT2D eigenvalue weighted by molar-refractivity contribution is 8.18. The summed E-state index contributed by atoms with van der Waals surface area (Å²) in [5, 5.41) is 1.69. The van der Waals surface area contributed by atoms with Gasteiger partial charge in [-0.05, 0) is 53.2 Å². The van der Waals surface area contributed by atoms with Crippen LogP contribution in [0.15, 0.2) is 35.2 Å². The minimum Gasteiger partial charge on any atom is -0.497 e. The van der Waals surface area contributed by atoms with Crippen LogP contribution in [0.2, 0.25) is 0 Å². The third kappa shape index (κ3) is 3.42. The van der Waals surface area contributed by atoms with Gasteiger partial charge in [0.15, 0.2) is 0 Å². The molecule has 1 heterocycles. The van der Waals surface area contributed by atoms with Gasteiger partial charge >= 0.3 is 0 Å². The van der Waals surface area contributed by atoms with E-state index in [9.17, 15) is 9.59 Å². The molecule has 5 nitrogen and oxygen atoms in total. The summed E-state index contributed by atoms with van der Waals surface area (Å²) in [7, 11) is 3.20. The van der Waals surface area contributed by atoms with Gasteiger partial charge in [-0.1, -0.05) is 25.5 Å². The molecule has 136 valence electrons. The van der Waals surface area contributed by atoms with Gasteiger partial charge in [0.25, 0.3) is 11.1 Å². The van der Waals surface area contributed by atoms with E-state index in [1.807, 2.05) is 37.3 Å². The summed E-state index contributed by atoms with van der Waals surface area (Å²) in [5.74, 6) is 1.12. The zero-order valence-corrected chi connectivity index (χ0v) is 15.9. The van der Waals surface area contributed by atoms with Gasteiger partial charge in [0.2, 0.25) is 0 Å². The Kier molecular flexibility index (Phi) is 5.52. The Balaban J connectivity index is 2.08. The number of unbranched alkanes of at least 4 members (excludes halogenated alkanes) is 1. The Morgan fingerprint density at radius 3 is 2.58 bits per heavy atom. The van der Waals surface area contributed by atoms with E-state index in [2.05, 4.69) is 0 Å². The molecule has 0 bridgehead atoms. The molecule has 1 fully saturated rings. The highest BCUT2D eigenvalue weighted by atomic mass is 32.2. The van der Waals surface area contributed by atoms with Crippen LogP contribution in [0.1, 0.15) is 25.3 Å². The molecule has 0 saturated carbocycles. The van der Waals surface area contributed by atoms with Crippen LogP contribution in [0.5, 0.6) is 11.5 Å². The predicted molar refractivity (Wildman–Crippen MR) is 105 cm³/mol. The minimum absolute atomic E-state index is 0.216. The van der Waals surface area contributed by atoms with Crippen molar-refractivity contribution in [3.63, 3.8) is 0 Å². The summed E-state index contributed by atoms with van der Waals surface area (Å²) < 4.78 is 10.8. The number of carbonyl (C=O) groups is 2. The predicted octanol–water partition coefficient (Wildman–Crippen LogP) is 4.69. The lowest BCUT2D eigenvalue weighted by atomic mass is 10.0. The normalized spacial score (nSPS) is 16.0. The number of rotatable bonds is 6. The molecule has 3 rings (SSSR count). The number of imide groups is 1. The number of ether oxygens (including phenoxy) is 2. The Hall–Kier alpha value is -2.47. The molecule has 0 atom stereocenters. The van der Waals surface area contributed by atoms with Crippen LogP contribution >= 0.6 is 11.8 Å². The SMILES string of the molecule is CCCCN1C(=O)S/C(=C\c2c(OC)ccc3ccc(OC)cc23)C1=O. The molecule has 26 heavy (non-hydrogen) atoms. The van der Waals surface area contributed by atoms with Crippen LogP contribution in [0.4, 0.5) is 4.79 Å². The van der Waals surface area contributed by atoms with E-state index < -0.39 is 0 Å². The zero-order chi connectivity index (χ0) is 18.7. The van der Waals surface area contributed by atoms with Crippen LogP contribution in [-0.2, 0) is 4.79 Å². The lowest BCUT2D eigenvalue weighted by molar-refractivity contribution is -0.122.